The van der Waals surface area contributed by atoms with Gasteiger partial charge in [0.25, 0.3) is 0 Å². The molecule has 0 atom stereocenters. The second kappa shape index (κ2) is 5.37. The van der Waals surface area contributed by atoms with Crippen molar-refractivity contribution in [2.24, 2.45) is 5.41 Å². The Hall–Kier alpha value is -0.280. The molecule has 1 heterocycles. The first-order valence-corrected chi connectivity index (χ1v) is 6.51. The summed E-state index contributed by atoms with van der Waals surface area (Å²) in [4.78, 5) is 16.5. The van der Waals surface area contributed by atoms with E-state index in [0.717, 1.165) is 26.2 Å². The summed E-state index contributed by atoms with van der Waals surface area (Å²) in [5.74, 6) is 0.571. The molecule has 0 radical (unpaired) electrons. The van der Waals surface area contributed by atoms with Gasteiger partial charge in [-0.1, -0.05) is 0 Å². The van der Waals surface area contributed by atoms with Crippen molar-refractivity contribution in [1.29, 1.82) is 0 Å². The van der Waals surface area contributed by atoms with Gasteiger partial charge >= 0.3 is 0 Å². The van der Waals surface area contributed by atoms with E-state index in [4.69, 9.17) is 11.6 Å². The van der Waals surface area contributed by atoms with E-state index in [1.807, 2.05) is 18.7 Å². The molecule has 1 amide bonds. The van der Waals surface area contributed by atoms with Crippen LogP contribution in [-0.2, 0) is 4.79 Å². The maximum Gasteiger partial charge on any atom is 0.229 e. The van der Waals surface area contributed by atoms with Crippen LogP contribution in [0, 0.1) is 5.41 Å². The molecule has 1 rings (SSSR count). The fraction of sp³-hybridized carbons (Fsp3) is 0.917. The van der Waals surface area contributed by atoms with Crippen LogP contribution in [0.5, 0.6) is 0 Å². The van der Waals surface area contributed by atoms with Crippen LogP contribution < -0.4 is 0 Å². The average Bonchev–Trinajstić information content (AvgIpc) is 2.28. The zero-order valence-electron chi connectivity index (χ0n) is 10.8. The van der Waals surface area contributed by atoms with Crippen LogP contribution >= 0.6 is 11.6 Å². The molecule has 94 valence electrons. The maximum absolute atomic E-state index is 12.2. The summed E-state index contributed by atoms with van der Waals surface area (Å²) in [6.45, 7) is 11.8. The maximum atomic E-state index is 12.2. The number of nitrogens with zero attached hydrogens (tertiary/aromatic N) is 2. The van der Waals surface area contributed by atoms with Gasteiger partial charge in [-0.05, 0) is 27.7 Å². The lowest BCUT2D eigenvalue weighted by Crippen LogP contribution is -2.53. The number of halogens is 1. The van der Waals surface area contributed by atoms with E-state index < -0.39 is 5.41 Å². The highest BCUT2D eigenvalue weighted by molar-refractivity contribution is 6.19. The Balaban J connectivity index is 2.51. The van der Waals surface area contributed by atoms with Gasteiger partial charge in [-0.25, -0.2) is 0 Å². The molecular formula is C12H23ClN2O. The van der Waals surface area contributed by atoms with Gasteiger partial charge < -0.3 is 4.90 Å². The Kier molecular flexibility index (Phi) is 4.62. The van der Waals surface area contributed by atoms with Crippen LogP contribution in [0.4, 0.5) is 0 Å². The zero-order valence-corrected chi connectivity index (χ0v) is 11.5. The van der Waals surface area contributed by atoms with Crippen molar-refractivity contribution in [3.05, 3.63) is 0 Å². The minimum absolute atomic E-state index is 0.186. The van der Waals surface area contributed by atoms with Crippen molar-refractivity contribution < 1.29 is 4.79 Å². The molecule has 0 aromatic heterocycles. The highest BCUT2D eigenvalue weighted by atomic mass is 35.5. The summed E-state index contributed by atoms with van der Waals surface area (Å²) >= 11 is 5.83. The molecule has 0 unspecified atom stereocenters. The van der Waals surface area contributed by atoms with Gasteiger partial charge in [0, 0.05) is 38.1 Å². The first-order valence-electron chi connectivity index (χ1n) is 5.98. The number of carbonyl (C=O) groups is 1. The lowest BCUT2D eigenvalue weighted by atomic mass is 9.94. The van der Waals surface area contributed by atoms with Crippen LogP contribution in [0.15, 0.2) is 0 Å². The summed E-state index contributed by atoms with van der Waals surface area (Å²) in [6, 6.07) is 0.568. The van der Waals surface area contributed by atoms with Crippen LogP contribution in [0.3, 0.4) is 0 Å². The number of rotatable bonds is 3. The Morgan fingerprint density at radius 3 is 2.12 bits per heavy atom. The molecule has 0 aromatic carbocycles. The van der Waals surface area contributed by atoms with Crippen molar-refractivity contribution in [2.75, 3.05) is 32.1 Å². The Morgan fingerprint density at radius 2 is 1.75 bits per heavy atom. The Bertz CT molecular complexity index is 245. The fourth-order valence-electron chi connectivity index (χ4n) is 1.93. The molecule has 1 aliphatic heterocycles. The van der Waals surface area contributed by atoms with Crippen LogP contribution in [0.25, 0.3) is 0 Å². The summed E-state index contributed by atoms with van der Waals surface area (Å²) in [7, 11) is 0. The number of hydrogen-bond acceptors (Lipinski definition) is 2. The van der Waals surface area contributed by atoms with Crippen molar-refractivity contribution in [3.63, 3.8) is 0 Å². The monoisotopic (exact) mass is 246 g/mol. The van der Waals surface area contributed by atoms with E-state index in [0.29, 0.717) is 11.9 Å². The van der Waals surface area contributed by atoms with E-state index in [-0.39, 0.29) is 5.91 Å². The third-order valence-corrected chi connectivity index (χ3v) is 3.91. The van der Waals surface area contributed by atoms with Gasteiger partial charge in [0.05, 0.1) is 5.41 Å². The van der Waals surface area contributed by atoms with Crippen LogP contribution in [-0.4, -0.2) is 53.8 Å². The minimum atomic E-state index is -0.429. The predicted octanol–water partition coefficient (Wildman–Crippen LogP) is 1.80. The van der Waals surface area contributed by atoms with E-state index in [1.54, 1.807) is 0 Å². The molecule has 3 nitrogen and oxygen atoms in total. The number of carbonyl (C=O) groups excluding carboxylic acids is 1. The topological polar surface area (TPSA) is 23.6 Å². The summed E-state index contributed by atoms with van der Waals surface area (Å²) in [5.41, 5.74) is -0.429. The van der Waals surface area contributed by atoms with Gasteiger partial charge in [0.2, 0.25) is 5.91 Å². The third-order valence-electron chi connectivity index (χ3n) is 3.24. The first kappa shape index (κ1) is 13.8. The van der Waals surface area contributed by atoms with Crippen LogP contribution in [0.1, 0.15) is 27.7 Å². The number of piperazine rings is 1. The van der Waals surface area contributed by atoms with E-state index in [2.05, 4.69) is 18.7 Å². The second-order valence-electron chi connectivity index (χ2n) is 5.44. The average molecular weight is 247 g/mol. The SMILES string of the molecule is CC(C)N1CCN(C(=O)C(C)(C)CCl)CC1. The molecule has 16 heavy (non-hydrogen) atoms. The second-order valence-corrected chi connectivity index (χ2v) is 5.71. The molecule has 0 bridgehead atoms. The number of alkyl halides is 1. The Morgan fingerprint density at radius 1 is 1.25 bits per heavy atom. The van der Waals surface area contributed by atoms with Crippen molar-refractivity contribution >= 4 is 17.5 Å². The van der Waals surface area contributed by atoms with E-state index in [9.17, 15) is 4.79 Å². The van der Waals surface area contributed by atoms with Crippen molar-refractivity contribution in [3.8, 4) is 0 Å². The van der Waals surface area contributed by atoms with Gasteiger partial charge in [-0.3, -0.25) is 9.69 Å². The standard InChI is InChI=1S/C12H23ClN2O/c1-10(2)14-5-7-15(8-6-14)11(16)12(3,4)9-13/h10H,5-9H2,1-4H3. The van der Waals surface area contributed by atoms with Crippen LogP contribution in [0.2, 0.25) is 0 Å². The third kappa shape index (κ3) is 3.11. The Labute approximate surface area is 104 Å². The molecule has 1 aliphatic rings. The molecule has 0 spiro atoms. The smallest absolute Gasteiger partial charge is 0.229 e. The fourth-order valence-corrected chi connectivity index (χ4v) is 2.04. The minimum Gasteiger partial charge on any atom is -0.340 e. The van der Waals surface area contributed by atoms with Gasteiger partial charge in [0.1, 0.15) is 0 Å². The highest BCUT2D eigenvalue weighted by Gasteiger charge is 2.33. The van der Waals surface area contributed by atoms with Gasteiger partial charge in [0.15, 0.2) is 0 Å². The molecule has 0 aliphatic carbocycles. The molecule has 4 heteroatoms. The lowest BCUT2D eigenvalue weighted by molar-refractivity contribution is -0.141. The van der Waals surface area contributed by atoms with Crippen molar-refractivity contribution in [2.45, 2.75) is 33.7 Å². The molecule has 1 fully saturated rings. The quantitative estimate of drug-likeness (QED) is 0.709. The molecule has 0 aromatic rings. The predicted molar refractivity (Wildman–Crippen MR) is 67.8 cm³/mol. The molecular weight excluding hydrogens is 224 g/mol. The van der Waals surface area contributed by atoms with E-state index >= 15 is 0 Å². The summed E-state index contributed by atoms with van der Waals surface area (Å²) < 4.78 is 0. The largest absolute Gasteiger partial charge is 0.340 e. The number of amides is 1. The summed E-state index contributed by atoms with van der Waals surface area (Å²) in [6.07, 6.45) is 0. The van der Waals surface area contributed by atoms with Gasteiger partial charge in [-0.15, -0.1) is 11.6 Å². The van der Waals surface area contributed by atoms with E-state index in [1.165, 1.54) is 0 Å². The van der Waals surface area contributed by atoms with Crippen molar-refractivity contribution in [1.82, 2.24) is 9.80 Å². The molecule has 0 N–H and O–H groups in total. The zero-order chi connectivity index (χ0) is 12.3. The molecule has 1 saturated heterocycles. The lowest BCUT2D eigenvalue weighted by Gasteiger charge is -2.39. The summed E-state index contributed by atoms with van der Waals surface area (Å²) in [5, 5.41) is 0. The normalized spacial score (nSPS) is 19.2. The first-order chi connectivity index (χ1) is 7.38. The molecule has 0 saturated carbocycles. The number of hydrogen-bond donors (Lipinski definition) is 0. The highest BCUT2D eigenvalue weighted by Crippen LogP contribution is 2.21. The van der Waals surface area contributed by atoms with Gasteiger partial charge in [-0.2, -0.15) is 0 Å².